The number of hydrogen-bond donors (Lipinski definition) is 5. The van der Waals surface area contributed by atoms with Crippen LogP contribution in [-0.2, 0) is 20.9 Å². The molecule has 0 radical (unpaired) electrons. The first-order valence-electron chi connectivity index (χ1n) is 14.2. The van der Waals surface area contributed by atoms with E-state index in [1.807, 2.05) is 43.4 Å². The molecule has 0 fully saturated rings. The van der Waals surface area contributed by atoms with Crippen LogP contribution < -0.4 is 21.3 Å². The molecule has 5 N–H and O–H groups in total. The second-order valence-electron chi connectivity index (χ2n) is 10.3. The summed E-state index contributed by atoms with van der Waals surface area (Å²) in [7, 11) is 4.33. The number of hydrogen-bond acceptors (Lipinski definition) is 6. The lowest BCUT2D eigenvalue weighted by atomic mass is 9.98. The van der Waals surface area contributed by atoms with E-state index in [0.717, 1.165) is 40.8 Å². The number of benzene rings is 3. The van der Waals surface area contributed by atoms with Gasteiger partial charge in [-0.15, -0.1) is 9.24 Å². The van der Waals surface area contributed by atoms with Crippen LogP contribution in [0.2, 0.25) is 0 Å². The zero-order valence-corrected chi connectivity index (χ0v) is 24.9. The monoisotopic (exact) mass is 590 g/mol. The van der Waals surface area contributed by atoms with Crippen molar-refractivity contribution in [1.82, 2.24) is 16.0 Å². The summed E-state index contributed by atoms with van der Waals surface area (Å²) >= 11 is 0. The number of nitrogens with one attached hydrogen (secondary N) is 4. The Morgan fingerprint density at radius 3 is 2.10 bits per heavy atom. The maximum absolute atomic E-state index is 13.2. The summed E-state index contributed by atoms with van der Waals surface area (Å²) in [5.41, 5.74) is 5.76. The minimum absolute atomic E-state index is 0.0918. The molecule has 42 heavy (non-hydrogen) atoms. The van der Waals surface area contributed by atoms with E-state index in [4.69, 9.17) is 4.74 Å². The van der Waals surface area contributed by atoms with Crippen molar-refractivity contribution in [3.05, 3.63) is 89.5 Å². The van der Waals surface area contributed by atoms with Crippen LogP contribution >= 0.6 is 9.24 Å². The maximum atomic E-state index is 13.2. The lowest BCUT2D eigenvalue weighted by Crippen LogP contribution is -2.53. The average molecular weight is 591 g/mol. The number of alkyl carbamates (subject to hydrolysis) is 1. The molecule has 0 bridgehead atoms. The molecule has 1 unspecified atom stereocenters. The Morgan fingerprint density at radius 2 is 1.50 bits per heavy atom. The van der Waals surface area contributed by atoms with E-state index in [1.54, 1.807) is 24.3 Å². The Morgan fingerprint density at radius 1 is 0.857 bits per heavy atom. The third-order valence-corrected chi connectivity index (χ3v) is 7.87. The van der Waals surface area contributed by atoms with Gasteiger partial charge in [0.2, 0.25) is 11.8 Å². The molecule has 0 heterocycles. The first-order valence-corrected chi connectivity index (χ1v) is 15.0. The van der Waals surface area contributed by atoms with Crippen LogP contribution in [0.4, 0.5) is 10.5 Å². The number of rotatable bonds is 14. The van der Waals surface area contributed by atoms with Gasteiger partial charge in [-0.1, -0.05) is 60.7 Å². The van der Waals surface area contributed by atoms with Gasteiger partial charge in [-0.05, 0) is 79.0 Å². The largest absolute Gasteiger partial charge is 0.449 e. The van der Waals surface area contributed by atoms with Gasteiger partial charge in [0.1, 0.15) is 18.7 Å². The molecule has 3 aromatic rings. The van der Waals surface area contributed by atoms with Crippen molar-refractivity contribution < 1.29 is 24.2 Å². The number of unbranched alkanes of at least 4 members (excludes halogenated alkanes) is 1. The molecular weight excluding hydrogens is 551 g/mol. The predicted molar refractivity (Wildman–Crippen MR) is 167 cm³/mol. The molecule has 0 saturated heterocycles. The van der Waals surface area contributed by atoms with Gasteiger partial charge in [-0.25, -0.2) is 4.79 Å². The number of carbonyl (C=O) groups is 3. The molecule has 3 aromatic carbocycles. The first-order chi connectivity index (χ1) is 20.4. The third kappa shape index (κ3) is 7.94. The molecule has 0 saturated carbocycles. The Bertz CT molecular complexity index is 1320. The van der Waals surface area contributed by atoms with Gasteiger partial charge in [-0.3, -0.25) is 9.59 Å². The Labute approximate surface area is 249 Å². The summed E-state index contributed by atoms with van der Waals surface area (Å²) in [5, 5.41) is 20.7. The van der Waals surface area contributed by atoms with Gasteiger partial charge in [0.15, 0.2) is 0 Å². The molecule has 10 heteroatoms. The van der Waals surface area contributed by atoms with Gasteiger partial charge in [-0.2, -0.15) is 0 Å². The molecule has 1 aliphatic carbocycles. The zero-order chi connectivity index (χ0) is 29.9. The van der Waals surface area contributed by atoms with Crippen molar-refractivity contribution in [3.8, 4) is 11.1 Å². The number of amides is 3. The fourth-order valence-corrected chi connectivity index (χ4v) is 5.46. The molecule has 3 atom stereocenters. The van der Waals surface area contributed by atoms with Crippen molar-refractivity contribution in [2.75, 3.05) is 31.7 Å². The average Bonchev–Trinajstić information content (AvgIpc) is 3.34. The SMILES string of the molecule is CNCCCC[C@H](NC(=O)[C@H](CP)NC(=O)OCC1c2ccccc2-c2ccccc21)C(=O)Nc1ccc(CO)cc1. The molecule has 0 spiro atoms. The minimum Gasteiger partial charge on any atom is -0.449 e. The minimum atomic E-state index is -0.901. The number of carbonyl (C=O) groups excluding carboxylic acids is 3. The number of aliphatic hydroxyl groups excluding tert-OH is 1. The first kappa shape index (κ1) is 31.2. The molecule has 3 amide bonds. The topological polar surface area (TPSA) is 129 Å². The number of aliphatic hydroxyl groups is 1. The van der Waals surface area contributed by atoms with Crippen LogP contribution in [0.25, 0.3) is 11.1 Å². The van der Waals surface area contributed by atoms with Crippen LogP contribution in [0.3, 0.4) is 0 Å². The van der Waals surface area contributed by atoms with Gasteiger partial charge < -0.3 is 31.1 Å². The van der Waals surface area contributed by atoms with Crippen molar-refractivity contribution in [2.24, 2.45) is 0 Å². The van der Waals surface area contributed by atoms with E-state index >= 15 is 0 Å². The lowest BCUT2D eigenvalue weighted by molar-refractivity contribution is -0.127. The van der Waals surface area contributed by atoms with Crippen LogP contribution in [0.15, 0.2) is 72.8 Å². The normalized spacial score (nSPS) is 13.4. The smallest absolute Gasteiger partial charge is 0.407 e. The third-order valence-electron chi connectivity index (χ3n) is 7.39. The van der Waals surface area contributed by atoms with E-state index in [0.29, 0.717) is 18.5 Å². The summed E-state index contributed by atoms with van der Waals surface area (Å²) in [6.07, 6.45) is 1.54. The standard InChI is InChI=1S/C32H39N4O5P/c1-33-17-7-6-12-28(30(38)34-22-15-13-21(18-37)14-16-22)35-31(39)29(20-42)36-32(40)41-19-27-25-10-4-2-8-23(25)24-9-3-5-11-26(24)27/h2-5,8-11,13-16,27-29,33,37H,6-7,12,17-20,42H2,1H3,(H,34,38)(H,35,39)(H,36,40)/t28-,29-/m0/s1. The maximum Gasteiger partial charge on any atom is 0.407 e. The molecule has 1 aliphatic rings. The Hall–Kier alpha value is -3.78. The molecule has 9 nitrogen and oxygen atoms in total. The van der Waals surface area contributed by atoms with Crippen molar-refractivity contribution in [2.45, 2.75) is 43.9 Å². The van der Waals surface area contributed by atoms with Crippen LogP contribution in [0.1, 0.15) is 41.9 Å². The van der Waals surface area contributed by atoms with Crippen molar-refractivity contribution in [1.29, 1.82) is 0 Å². The van der Waals surface area contributed by atoms with Crippen LogP contribution in [0, 0.1) is 0 Å². The quantitative estimate of drug-likeness (QED) is 0.144. The second kappa shape index (κ2) is 15.4. The van der Waals surface area contributed by atoms with E-state index in [-0.39, 0.29) is 31.2 Å². The number of anilines is 1. The fourth-order valence-electron chi connectivity index (χ4n) is 5.13. The highest BCUT2D eigenvalue weighted by Crippen LogP contribution is 2.44. The summed E-state index contributed by atoms with van der Waals surface area (Å²) in [4.78, 5) is 39.2. The molecule has 4 rings (SSSR count). The predicted octanol–water partition coefficient (Wildman–Crippen LogP) is 3.77. The van der Waals surface area contributed by atoms with E-state index in [1.165, 1.54) is 0 Å². The molecule has 0 aliphatic heterocycles. The van der Waals surface area contributed by atoms with E-state index < -0.39 is 24.1 Å². The Kier molecular flexibility index (Phi) is 11.5. The summed E-state index contributed by atoms with van der Waals surface area (Å²) < 4.78 is 5.62. The van der Waals surface area contributed by atoms with Gasteiger partial charge in [0.25, 0.3) is 0 Å². The summed E-state index contributed by atoms with van der Waals surface area (Å²) in [5.74, 6) is -0.917. The van der Waals surface area contributed by atoms with Crippen molar-refractivity contribution in [3.63, 3.8) is 0 Å². The van der Waals surface area contributed by atoms with E-state index in [9.17, 15) is 19.5 Å². The van der Waals surface area contributed by atoms with Crippen LogP contribution in [0.5, 0.6) is 0 Å². The van der Waals surface area contributed by atoms with Gasteiger partial charge in [0, 0.05) is 11.6 Å². The second-order valence-corrected chi connectivity index (χ2v) is 10.7. The highest BCUT2D eigenvalue weighted by molar-refractivity contribution is 7.16. The van der Waals surface area contributed by atoms with Gasteiger partial charge in [0.05, 0.1) is 6.61 Å². The zero-order valence-electron chi connectivity index (χ0n) is 23.8. The highest BCUT2D eigenvalue weighted by Gasteiger charge is 2.30. The summed E-state index contributed by atoms with van der Waals surface area (Å²) in [6, 6.07) is 21.3. The van der Waals surface area contributed by atoms with Gasteiger partial charge >= 0.3 is 6.09 Å². The van der Waals surface area contributed by atoms with Crippen molar-refractivity contribution >= 4 is 32.8 Å². The number of fused-ring (bicyclic) bond motifs is 3. The highest BCUT2D eigenvalue weighted by atomic mass is 31.0. The molecule has 222 valence electrons. The number of ether oxygens (including phenoxy) is 1. The van der Waals surface area contributed by atoms with Crippen LogP contribution in [-0.4, -0.2) is 61.5 Å². The van der Waals surface area contributed by atoms with E-state index in [2.05, 4.69) is 42.6 Å². The summed E-state index contributed by atoms with van der Waals surface area (Å²) in [6.45, 7) is 0.838. The fraction of sp³-hybridized carbons (Fsp3) is 0.344. The lowest BCUT2D eigenvalue weighted by Gasteiger charge is -2.23. The molecule has 0 aromatic heterocycles. The molecular formula is C32H39N4O5P. The Balaban J connectivity index is 1.36.